The second-order valence-corrected chi connectivity index (χ2v) is 4.53. The molecule has 1 aromatic heterocycles. The second kappa shape index (κ2) is 5.78. The van der Waals surface area contributed by atoms with Crippen LogP contribution in [-0.2, 0) is 0 Å². The highest BCUT2D eigenvalue weighted by atomic mass is 127. The van der Waals surface area contributed by atoms with Crippen LogP contribution in [0.5, 0.6) is 17.4 Å². The average Bonchev–Trinajstić information content (AvgIpc) is 2.41. The van der Waals surface area contributed by atoms with E-state index in [0.29, 0.717) is 9.32 Å². The molecule has 1 heterocycles. The fourth-order valence-electron chi connectivity index (χ4n) is 1.33. The molecule has 0 unspecified atom stereocenters. The van der Waals surface area contributed by atoms with E-state index in [0.717, 1.165) is 0 Å². The van der Waals surface area contributed by atoms with Crippen molar-refractivity contribution in [1.82, 2.24) is 9.97 Å². The Morgan fingerprint density at radius 3 is 2.84 bits per heavy atom. The summed E-state index contributed by atoms with van der Waals surface area (Å²) in [5.74, 6) is 0.753. The first kappa shape index (κ1) is 13.5. The molecule has 0 saturated heterocycles. The molecule has 0 atom stereocenters. The Kier molecular flexibility index (Phi) is 4.10. The number of halogens is 1. The molecule has 98 valence electrons. The Morgan fingerprint density at radius 2 is 2.21 bits per heavy atom. The molecule has 0 spiro atoms. The number of hydrogen-bond donors (Lipinski definition) is 0. The van der Waals surface area contributed by atoms with Crippen molar-refractivity contribution in [2.45, 2.75) is 0 Å². The number of benzene rings is 1. The van der Waals surface area contributed by atoms with Crippen molar-refractivity contribution >= 4 is 28.3 Å². The lowest BCUT2D eigenvalue weighted by Gasteiger charge is -2.07. The summed E-state index contributed by atoms with van der Waals surface area (Å²) < 4.78 is 11.0. The van der Waals surface area contributed by atoms with Gasteiger partial charge >= 0.3 is 5.69 Å². The molecule has 0 aliphatic heterocycles. The maximum atomic E-state index is 11.0. The summed E-state index contributed by atoms with van der Waals surface area (Å²) in [6.45, 7) is 0. The number of hydrogen-bond acceptors (Lipinski definition) is 6. The van der Waals surface area contributed by atoms with Gasteiger partial charge in [0.05, 0.1) is 21.7 Å². The van der Waals surface area contributed by atoms with Crippen LogP contribution in [0.2, 0.25) is 0 Å². The van der Waals surface area contributed by atoms with Crippen molar-refractivity contribution in [1.29, 1.82) is 0 Å². The maximum Gasteiger partial charge on any atom is 0.315 e. The van der Waals surface area contributed by atoms with Crippen LogP contribution in [-0.4, -0.2) is 22.0 Å². The van der Waals surface area contributed by atoms with Crippen molar-refractivity contribution < 1.29 is 14.4 Å². The Hall–Kier alpha value is -1.97. The first-order chi connectivity index (χ1) is 9.11. The third-order valence-corrected chi connectivity index (χ3v) is 2.94. The van der Waals surface area contributed by atoms with E-state index in [1.807, 2.05) is 22.6 Å². The lowest BCUT2D eigenvalue weighted by atomic mass is 10.3. The minimum absolute atomic E-state index is 0.0995. The van der Waals surface area contributed by atoms with E-state index in [1.165, 1.54) is 25.6 Å². The first-order valence-electron chi connectivity index (χ1n) is 5.07. The van der Waals surface area contributed by atoms with Gasteiger partial charge in [0, 0.05) is 6.20 Å². The normalized spacial score (nSPS) is 10.0. The number of rotatable bonds is 4. The van der Waals surface area contributed by atoms with Gasteiger partial charge in [-0.2, -0.15) is 0 Å². The molecule has 0 N–H and O–H groups in total. The van der Waals surface area contributed by atoms with E-state index in [2.05, 4.69) is 9.97 Å². The van der Waals surface area contributed by atoms with Crippen LogP contribution in [0.3, 0.4) is 0 Å². The zero-order chi connectivity index (χ0) is 13.8. The van der Waals surface area contributed by atoms with Crippen molar-refractivity contribution in [3.63, 3.8) is 0 Å². The summed E-state index contributed by atoms with van der Waals surface area (Å²) in [6.07, 6.45) is 2.87. The van der Waals surface area contributed by atoms with Gasteiger partial charge in [0.1, 0.15) is 12.1 Å². The fraction of sp³-hybridized carbons (Fsp3) is 0.0909. The highest BCUT2D eigenvalue weighted by molar-refractivity contribution is 14.1. The van der Waals surface area contributed by atoms with Crippen molar-refractivity contribution in [3.8, 4) is 17.4 Å². The molecule has 7 nitrogen and oxygen atoms in total. The summed E-state index contributed by atoms with van der Waals surface area (Å²) in [5, 5.41) is 11.0. The highest BCUT2D eigenvalue weighted by Crippen LogP contribution is 2.34. The lowest BCUT2D eigenvalue weighted by Crippen LogP contribution is -1.97. The number of methoxy groups -OCH3 is 1. The first-order valence-corrected chi connectivity index (χ1v) is 6.15. The monoisotopic (exact) mass is 373 g/mol. The zero-order valence-electron chi connectivity index (χ0n) is 9.74. The number of nitro benzene ring substituents is 1. The van der Waals surface area contributed by atoms with Crippen molar-refractivity contribution in [2.24, 2.45) is 0 Å². The maximum absolute atomic E-state index is 11.0. The van der Waals surface area contributed by atoms with Gasteiger partial charge in [-0.1, -0.05) is 0 Å². The predicted octanol–water partition coefficient (Wildman–Crippen LogP) is 2.79. The summed E-state index contributed by atoms with van der Waals surface area (Å²) in [4.78, 5) is 18.2. The van der Waals surface area contributed by atoms with Crippen LogP contribution in [0.15, 0.2) is 30.7 Å². The minimum atomic E-state index is -0.536. The summed E-state index contributed by atoms with van der Waals surface area (Å²) in [7, 11) is 1.44. The smallest absolute Gasteiger partial charge is 0.315 e. The molecule has 0 bridgehead atoms. The Bertz CT molecular complexity index is 621. The van der Waals surface area contributed by atoms with Gasteiger partial charge in [0.25, 0.3) is 0 Å². The lowest BCUT2D eigenvalue weighted by molar-refractivity contribution is -0.385. The molecular weight excluding hydrogens is 365 g/mol. The molecule has 0 radical (unpaired) electrons. The van der Waals surface area contributed by atoms with Crippen LogP contribution in [0.1, 0.15) is 0 Å². The van der Waals surface area contributed by atoms with Crippen LogP contribution in [0, 0.1) is 13.7 Å². The molecule has 0 amide bonds. The molecule has 2 rings (SSSR count). The second-order valence-electron chi connectivity index (χ2n) is 3.37. The third-order valence-electron chi connectivity index (χ3n) is 2.20. The van der Waals surface area contributed by atoms with E-state index >= 15 is 0 Å². The van der Waals surface area contributed by atoms with Crippen molar-refractivity contribution in [3.05, 3.63) is 44.4 Å². The van der Waals surface area contributed by atoms with Gasteiger partial charge in [-0.15, -0.1) is 0 Å². The van der Waals surface area contributed by atoms with E-state index < -0.39 is 4.92 Å². The van der Waals surface area contributed by atoms with E-state index in [-0.39, 0.29) is 17.3 Å². The number of aromatic nitrogens is 2. The van der Waals surface area contributed by atoms with Gasteiger partial charge in [-0.25, -0.2) is 9.97 Å². The summed E-state index contributed by atoms with van der Waals surface area (Å²) in [6, 6.07) is 4.34. The third kappa shape index (κ3) is 3.08. The minimum Gasteiger partial charge on any atom is -0.496 e. The average molecular weight is 373 g/mol. The van der Waals surface area contributed by atoms with Gasteiger partial charge in [-0.05, 0) is 34.7 Å². The van der Waals surface area contributed by atoms with E-state index in [1.54, 1.807) is 12.3 Å². The van der Waals surface area contributed by atoms with Crippen LogP contribution >= 0.6 is 22.6 Å². The fourth-order valence-corrected chi connectivity index (χ4v) is 1.74. The standard InChI is InChI=1S/C11H8IN3O4/c1-18-7-2-3-10(9(4-7)15(16)17)19-11-8(12)5-13-6-14-11/h2-6H,1H3. The van der Waals surface area contributed by atoms with E-state index in [4.69, 9.17) is 9.47 Å². The molecule has 2 aromatic rings. The molecule has 0 aliphatic rings. The largest absolute Gasteiger partial charge is 0.496 e. The number of ether oxygens (including phenoxy) is 2. The Morgan fingerprint density at radius 1 is 1.42 bits per heavy atom. The van der Waals surface area contributed by atoms with Gasteiger partial charge < -0.3 is 9.47 Å². The molecule has 1 aromatic carbocycles. The zero-order valence-corrected chi connectivity index (χ0v) is 11.9. The van der Waals surface area contributed by atoms with Crippen LogP contribution in [0.4, 0.5) is 5.69 Å². The molecule has 0 saturated carbocycles. The number of nitrogens with zero attached hydrogens (tertiary/aromatic N) is 3. The highest BCUT2D eigenvalue weighted by Gasteiger charge is 2.18. The number of nitro groups is 1. The van der Waals surface area contributed by atoms with Crippen LogP contribution < -0.4 is 9.47 Å². The topological polar surface area (TPSA) is 87.4 Å². The molecule has 19 heavy (non-hydrogen) atoms. The predicted molar refractivity (Wildman–Crippen MR) is 74.5 cm³/mol. The molecule has 8 heteroatoms. The summed E-state index contributed by atoms with van der Waals surface area (Å²) >= 11 is 1.99. The van der Waals surface area contributed by atoms with Gasteiger partial charge in [-0.3, -0.25) is 10.1 Å². The Labute approximate surface area is 121 Å². The molecular formula is C11H8IN3O4. The SMILES string of the molecule is COc1ccc(Oc2ncncc2I)c([N+](=O)[O-])c1. The van der Waals surface area contributed by atoms with Crippen LogP contribution in [0.25, 0.3) is 0 Å². The quantitative estimate of drug-likeness (QED) is 0.465. The van der Waals surface area contributed by atoms with Gasteiger partial charge in [0.15, 0.2) is 0 Å². The Balaban J connectivity index is 2.40. The van der Waals surface area contributed by atoms with E-state index in [9.17, 15) is 10.1 Å². The van der Waals surface area contributed by atoms with Crippen molar-refractivity contribution in [2.75, 3.05) is 7.11 Å². The van der Waals surface area contributed by atoms with Gasteiger partial charge in [0.2, 0.25) is 11.6 Å². The molecule has 0 fully saturated rings. The summed E-state index contributed by atoms with van der Waals surface area (Å²) in [5.41, 5.74) is -0.186. The molecule has 0 aliphatic carbocycles.